The molecule has 4 heteroatoms. The fourth-order valence-electron chi connectivity index (χ4n) is 2.50. The van der Waals surface area contributed by atoms with Crippen LogP contribution in [0.2, 0.25) is 0 Å². The molecule has 1 aliphatic carbocycles. The van der Waals surface area contributed by atoms with E-state index in [0.717, 1.165) is 18.5 Å². The predicted molar refractivity (Wildman–Crippen MR) is 88.8 cm³/mol. The molecule has 0 radical (unpaired) electrons. The van der Waals surface area contributed by atoms with Gasteiger partial charge in [0.05, 0.1) is 6.04 Å². The van der Waals surface area contributed by atoms with Crippen molar-refractivity contribution in [3.8, 4) is 0 Å². The first-order valence-electron chi connectivity index (χ1n) is 8.22. The van der Waals surface area contributed by atoms with E-state index in [2.05, 4.69) is 10.6 Å². The molecule has 0 aromatic heterocycles. The average molecular weight is 304 g/mol. The van der Waals surface area contributed by atoms with Gasteiger partial charge in [-0.25, -0.2) is 4.79 Å². The summed E-state index contributed by atoms with van der Waals surface area (Å²) in [5.74, 6) is 0. The van der Waals surface area contributed by atoms with Crippen LogP contribution in [0.25, 0.3) is 0 Å². The number of alkyl carbamates (subject to hydrolysis) is 1. The van der Waals surface area contributed by atoms with E-state index < -0.39 is 5.60 Å². The molecule has 1 saturated carbocycles. The third-order valence-electron chi connectivity index (χ3n) is 3.86. The van der Waals surface area contributed by atoms with Crippen molar-refractivity contribution >= 4 is 6.09 Å². The minimum absolute atomic E-state index is 0.0244. The standard InChI is InChI=1S/C18H28N2O2/c1-18(2,3)22-17(21)20-16(14-8-5-4-6-9-14)12-13-19-15-10-7-11-15/h4-6,8-9,15-16,19H,7,10-13H2,1-3H3,(H,20,21). The van der Waals surface area contributed by atoms with Gasteiger partial charge in [0.1, 0.15) is 5.60 Å². The molecule has 1 fully saturated rings. The van der Waals surface area contributed by atoms with Gasteiger partial charge in [-0.1, -0.05) is 36.8 Å². The fraction of sp³-hybridized carbons (Fsp3) is 0.611. The Labute approximate surface area is 133 Å². The van der Waals surface area contributed by atoms with Gasteiger partial charge in [0.15, 0.2) is 0 Å². The third kappa shape index (κ3) is 5.68. The lowest BCUT2D eigenvalue weighted by atomic mass is 9.93. The van der Waals surface area contributed by atoms with Crippen molar-refractivity contribution in [1.29, 1.82) is 0 Å². The highest BCUT2D eigenvalue weighted by Crippen LogP contribution is 2.20. The van der Waals surface area contributed by atoms with Crippen LogP contribution in [0.4, 0.5) is 4.79 Å². The first-order valence-corrected chi connectivity index (χ1v) is 8.22. The molecule has 1 atom stereocenters. The Morgan fingerprint density at radius 1 is 1.27 bits per heavy atom. The number of ether oxygens (including phenoxy) is 1. The molecule has 1 aromatic carbocycles. The van der Waals surface area contributed by atoms with Crippen LogP contribution in [-0.2, 0) is 4.74 Å². The van der Waals surface area contributed by atoms with E-state index in [-0.39, 0.29) is 12.1 Å². The van der Waals surface area contributed by atoms with E-state index in [1.807, 2.05) is 51.1 Å². The summed E-state index contributed by atoms with van der Waals surface area (Å²) in [6, 6.07) is 10.7. The second-order valence-electron chi connectivity index (χ2n) is 6.98. The van der Waals surface area contributed by atoms with E-state index in [4.69, 9.17) is 4.74 Å². The number of rotatable bonds is 6. The van der Waals surface area contributed by atoms with Crippen LogP contribution in [0.1, 0.15) is 58.1 Å². The molecule has 1 aliphatic rings. The van der Waals surface area contributed by atoms with E-state index in [1.54, 1.807) is 0 Å². The topological polar surface area (TPSA) is 50.4 Å². The van der Waals surface area contributed by atoms with Crippen molar-refractivity contribution in [2.24, 2.45) is 0 Å². The molecule has 0 aliphatic heterocycles. The zero-order chi connectivity index (χ0) is 16.0. The summed E-state index contributed by atoms with van der Waals surface area (Å²) < 4.78 is 5.38. The lowest BCUT2D eigenvalue weighted by Crippen LogP contribution is -2.39. The van der Waals surface area contributed by atoms with Crippen LogP contribution in [0.15, 0.2) is 30.3 Å². The maximum absolute atomic E-state index is 12.1. The summed E-state index contributed by atoms with van der Waals surface area (Å²) in [6.07, 6.45) is 4.38. The molecule has 1 aromatic rings. The molecule has 4 nitrogen and oxygen atoms in total. The molecule has 122 valence electrons. The average Bonchev–Trinajstić information content (AvgIpc) is 2.39. The van der Waals surface area contributed by atoms with Crippen molar-refractivity contribution in [2.75, 3.05) is 6.54 Å². The zero-order valence-electron chi connectivity index (χ0n) is 13.9. The maximum Gasteiger partial charge on any atom is 0.408 e. The Morgan fingerprint density at radius 3 is 2.50 bits per heavy atom. The number of hydrogen-bond donors (Lipinski definition) is 2. The summed E-state index contributed by atoms with van der Waals surface area (Å²) in [7, 11) is 0. The lowest BCUT2D eigenvalue weighted by Gasteiger charge is -2.28. The smallest absolute Gasteiger partial charge is 0.408 e. The Morgan fingerprint density at radius 2 is 1.95 bits per heavy atom. The number of nitrogens with one attached hydrogen (secondary N) is 2. The minimum atomic E-state index is -0.477. The largest absolute Gasteiger partial charge is 0.444 e. The lowest BCUT2D eigenvalue weighted by molar-refractivity contribution is 0.0500. The van der Waals surface area contributed by atoms with Gasteiger partial charge in [-0.15, -0.1) is 0 Å². The first kappa shape index (κ1) is 16.8. The van der Waals surface area contributed by atoms with Crippen molar-refractivity contribution < 1.29 is 9.53 Å². The molecule has 0 bridgehead atoms. The van der Waals surface area contributed by atoms with E-state index in [0.29, 0.717) is 6.04 Å². The molecule has 2 N–H and O–H groups in total. The predicted octanol–water partition coefficient (Wildman–Crippen LogP) is 3.78. The third-order valence-corrected chi connectivity index (χ3v) is 3.86. The second kappa shape index (κ2) is 7.63. The summed E-state index contributed by atoms with van der Waals surface area (Å²) in [4.78, 5) is 12.1. The maximum atomic E-state index is 12.1. The second-order valence-corrected chi connectivity index (χ2v) is 6.98. The van der Waals surface area contributed by atoms with Crippen LogP contribution in [-0.4, -0.2) is 24.3 Å². The monoisotopic (exact) mass is 304 g/mol. The molecule has 22 heavy (non-hydrogen) atoms. The minimum Gasteiger partial charge on any atom is -0.444 e. The summed E-state index contributed by atoms with van der Waals surface area (Å²) in [6.45, 7) is 6.53. The highest BCUT2D eigenvalue weighted by Gasteiger charge is 2.21. The first-order chi connectivity index (χ1) is 10.4. The molecule has 0 saturated heterocycles. The van der Waals surface area contributed by atoms with E-state index >= 15 is 0 Å². The van der Waals surface area contributed by atoms with Gasteiger partial charge in [0.2, 0.25) is 0 Å². The van der Waals surface area contributed by atoms with Gasteiger partial charge >= 0.3 is 6.09 Å². The van der Waals surface area contributed by atoms with Gasteiger partial charge < -0.3 is 15.4 Å². The number of benzene rings is 1. The Bertz CT molecular complexity index is 464. The zero-order valence-corrected chi connectivity index (χ0v) is 13.9. The van der Waals surface area contributed by atoms with Crippen LogP contribution >= 0.6 is 0 Å². The Hall–Kier alpha value is -1.55. The molecule has 1 unspecified atom stereocenters. The van der Waals surface area contributed by atoms with E-state index in [9.17, 15) is 4.79 Å². The number of carbonyl (C=O) groups is 1. The van der Waals surface area contributed by atoms with Gasteiger partial charge in [-0.3, -0.25) is 0 Å². The summed E-state index contributed by atoms with van der Waals surface area (Å²) in [5.41, 5.74) is 0.638. The molecular weight excluding hydrogens is 276 g/mol. The molecular formula is C18H28N2O2. The summed E-state index contributed by atoms with van der Waals surface area (Å²) in [5, 5.41) is 6.55. The van der Waals surface area contributed by atoms with Crippen LogP contribution < -0.4 is 10.6 Å². The molecule has 0 spiro atoms. The van der Waals surface area contributed by atoms with Crippen molar-refractivity contribution in [2.45, 2.75) is 64.1 Å². The van der Waals surface area contributed by atoms with E-state index in [1.165, 1.54) is 19.3 Å². The van der Waals surface area contributed by atoms with Gasteiger partial charge in [-0.2, -0.15) is 0 Å². The van der Waals surface area contributed by atoms with Crippen molar-refractivity contribution in [3.63, 3.8) is 0 Å². The number of amides is 1. The van der Waals surface area contributed by atoms with Crippen LogP contribution in [0.5, 0.6) is 0 Å². The molecule has 1 amide bonds. The number of carbonyl (C=O) groups excluding carboxylic acids is 1. The molecule has 0 heterocycles. The quantitative estimate of drug-likeness (QED) is 0.841. The van der Waals surface area contributed by atoms with Crippen LogP contribution in [0.3, 0.4) is 0 Å². The van der Waals surface area contributed by atoms with Crippen LogP contribution in [0, 0.1) is 0 Å². The fourth-order valence-corrected chi connectivity index (χ4v) is 2.50. The van der Waals surface area contributed by atoms with Crippen molar-refractivity contribution in [3.05, 3.63) is 35.9 Å². The SMILES string of the molecule is CC(C)(C)OC(=O)NC(CCNC1CCC1)c1ccccc1. The Balaban J connectivity index is 1.90. The highest BCUT2D eigenvalue weighted by molar-refractivity contribution is 5.68. The number of hydrogen-bond acceptors (Lipinski definition) is 3. The van der Waals surface area contributed by atoms with Gasteiger partial charge in [0.25, 0.3) is 0 Å². The molecule has 2 rings (SSSR count). The van der Waals surface area contributed by atoms with Crippen molar-refractivity contribution in [1.82, 2.24) is 10.6 Å². The van der Waals surface area contributed by atoms with Gasteiger partial charge in [0, 0.05) is 6.04 Å². The normalized spacial score (nSPS) is 16.7. The highest BCUT2D eigenvalue weighted by atomic mass is 16.6. The van der Waals surface area contributed by atoms with Gasteiger partial charge in [-0.05, 0) is 52.1 Å². The summed E-state index contributed by atoms with van der Waals surface area (Å²) >= 11 is 0. The Kier molecular flexibility index (Phi) is 5.83.